The van der Waals surface area contributed by atoms with Crippen molar-refractivity contribution in [2.45, 2.75) is 25.4 Å². The van der Waals surface area contributed by atoms with Crippen molar-refractivity contribution in [3.05, 3.63) is 71.5 Å². The summed E-state index contributed by atoms with van der Waals surface area (Å²) in [5, 5.41) is 0. The van der Waals surface area contributed by atoms with Crippen LogP contribution in [0.5, 0.6) is 0 Å². The van der Waals surface area contributed by atoms with Gasteiger partial charge >= 0.3 is 0 Å². The van der Waals surface area contributed by atoms with E-state index in [9.17, 15) is 12.8 Å². The fraction of sp³-hybridized carbons (Fsp3) is 0.478. The normalized spacial score (nSPS) is 20.5. The molecule has 1 saturated heterocycles. The van der Waals surface area contributed by atoms with Gasteiger partial charge in [-0.25, -0.2) is 4.39 Å². The lowest BCUT2D eigenvalue weighted by atomic mass is 9.91. The fourth-order valence-electron chi connectivity index (χ4n) is 4.18. The third-order valence-electron chi connectivity index (χ3n) is 5.75. The molecular formula is C23H31FN2O3S. The Kier molecular flexibility index (Phi) is 7.99. The lowest BCUT2D eigenvalue weighted by molar-refractivity contribution is 0.0433. The summed E-state index contributed by atoms with van der Waals surface area (Å²) in [5.41, 5.74) is 2.34. The monoisotopic (exact) mass is 434 g/mol. The van der Waals surface area contributed by atoms with Crippen molar-refractivity contribution in [3.63, 3.8) is 0 Å². The van der Waals surface area contributed by atoms with Gasteiger partial charge < -0.3 is 4.90 Å². The van der Waals surface area contributed by atoms with Crippen LogP contribution in [0.2, 0.25) is 0 Å². The number of hydrogen-bond acceptors (Lipinski definition) is 5. The number of benzene rings is 2. The average Bonchev–Trinajstić information content (AvgIpc) is 2.72. The molecule has 0 aromatic heterocycles. The van der Waals surface area contributed by atoms with E-state index in [2.05, 4.69) is 29.0 Å². The number of hydrogen-bond donors (Lipinski definition) is 0. The van der Waals surface area contributed by atoms with E-state index in [1.54, 1.807) is 0 Å². The Morgan fingerprint density at radius 3 is 2.47 bits per heavy atom. The van der Waals surface area contributed by atoms with Gasteiger partial charge in [0.15, 0.2) is 0 Å². The van der Waals surface area contributed by atoms with E-state index in [-0.39, 0.29) is 24.4 Å². The van der Waals surface area contributed by atoms with Crippen LogP contribution in [-0.2, 0) is 27.3 Å². The molecule has 2 aromatic carbocycles. The third-order valence-corrected chi connectivity index (χ3v) is 6.31. The summed E-state index contributed by atoms with van der Waals surface area (Å²) < 4.78 is 41.5. The van der Waals surface area contributed by atoms with Gasteiger partial charge in [-0.15, -0.1) is 0 Å². The van der Waals surface area contributed by atoms with Crippen molar-refractivity contribution >= 4 is 10.1 Å². The number of piperidine rings is 1. The van der Waals surface area contributed by atoms with Crippen LogP contribution < -0.4 is 0 Å². The highest BCUT2D eigenvalue weighted by Crippen LogP contribution is 2.24. The lowest BCUT2D eigenvalue weighted by Gasteiger charge is -2.42. The number of rotatable bonds is 9. The first-order valence-electron chi connectivity index (χ1n) is 10.4. The van der Waals surface area contributed by atoms with E-state index in [0.717, 1.165) is 50.8 Å². The fourth-order valence-corrected chi connectivity index (χ4v) is 4.60. The molecule has 0 bridgehead atoms. The lowest BCUT2D eigenvalue weighted by Crippen LogP contribution is -2.51. The summed E-state index contributed by atoms with van der Waals surface area (Å²) >= 11 is 0. The Morgan fingerprint density at radius 2 is 1.80 bits per heavy atom. The van der Waals surface area contributed by atoms with Crippen LogP contribution in [-0.4, -0.2) is 63.8 Å². The predicted octanol–water partition coefficient (Wildman–Crippen LogP) is 3.17. The van der Waals surface area contributed by atoms with Gasteiger partial charge in [0.05, 0.1) is 12.9 Å². The van der Waals surface area contributed by atoms with Gasteiger partial charge in [0.2, 0.25) is 0 Å². The molecule has 1 aliphatic heterocycles. The standard InChI is InChI=1S/C23H31FN2O3S/c1-25(16-20-6-4-3-5-7-20)23-13-15-26(17-21(23)18-29-30(2,27)28)14-12-19-8-10-22(24)11-9-19/h3-11,21,23H,12-18H2,1-2H3. The maximum atomic E-state index is 13.1. The third kappa shape index (κ3) is 7.16. The van der Waals surface area contributed by atoms with Gasteiger partial charge in [-0.05, 0) is 49.7 Å². The molecule has 30 heavy (non-hydrogen) atoms. The Hall–Kier alpha value is -1.80. The number of halogens is 1. The largest absolute Gasteiger partial charge is 0.303 e. The summed E-state index contributed by atoms with van der Waals surface area (Å²) in [4.78, 5) is 4.66. The van der Waals surface area contributed by atoms with Gasteiger partial charge in [0.25, 0.3) is 10.1 Å². The van der Waals surface area contributed by atoms with Gasteiger partial charge in [-0.1, -0.05) is 42.5 Å². The van der Waals surface area contributed by atoms with Crippen LogP contribution in [0, 0.1) is 11.7 Å². The van der Waals surface area contributed by atoms with E-state index in [1.165, 1.54) is 17.7 Å². The smallest absolute Gasteiger partial charge is 0.264 e. The van der Waals surface area contributed by atoms with Crippen molar-refractivity contribution < 1.29 is 17.0 Å². The Morgan fingerprint density at radius 1 is 1.10 bits per heavy atom. The Labute approximate surface area is 179 Å². The highest BCUT2D eigenvalue weighted by molar-refractivity contribution is 7.85. The number of nitrogens with zero attached hydrogens (tertiary/aromatic N) is 2. The van der Waals surface area contributed by atoms with Crippen LogP contribution in [0.4, 0.5) is 4.39 Å². The van der Waals surface area contributed by atoms with Crippen molar-refractivity contribution in [1.82, 2.24) is 9.80 Å². The first-order chi connectivity index (χ1) is 14.3. The zero-order valence-electron chi connectivity index (χ0n) is 17.7. The van der Waals surface area contributed by atoms with Crippen LogP contribution in [0.3, 0.4) is 0 Å². The SMILES string of the molecule is CN(Cc1ccccc1)C1CCN(CCc2ccc(F)cc2)CC1COS(C)(=O)=O. The van der Waals surface area contributed by atoms with Crippen LogP contribution in [0.1, 0.15) is 17.5 Å². The Bertz CT molecular complexity index is 890. The second kappa shape index (κ2) is 10.5. The Balaban J connectivity index is 1.62. The van der Waals surface area contributed by atoms with Crippen molar-refractivity contribution in [2.24, 2.45) is 5.92 Å². The molecule has 5 nitrogen and oxygen atoms in total. The molecule has 0 N–H and O–H groups in total. The van der Waals surface area contributed by atoms with Crippen molar-refractivity contribution in [1.29, 1.82) is 0 Å². The highest BCUT2D eigenvalue weighted by atomic mass is 32.2. The summed E-state index contributed by atoms with van der Waals surface area (Å²) in [6, 6.07) is 17.1. The molecule has 0 radical (unpaired) electrons. The van der Waals surface area contributed by atoms with Crippen LogP contribution >= 0.6 is 0 Å². The predicted molar refractivity (Wildman–Crippen MR) is 117 cm³/mol. The first-order valence-corrected chi connectivity index (χ1v) is 12.2. The second-order valence-corrected chi connectivity index (χ2v) is 9.83. The van der Waals surface area contributed by atoms with E-state index >= 15 is 0 Å². The molecule has 0 amide bonds. The van der Waals surface area contributed by atoms with E-state index in [1.807, 2.05) is 30.3 Å². The van der Waals surface area contributed by atoms with Crippen molar-refractivity contribution in [3.8, 4) is 0 Å². The van der Waals surface area contributed by atoms with E-state index in [0.29, 0.717) is 0 Å². The highest BCUT2D eigenvalue weighted by Gasteiger charge is 2.32. The summed E-state index contributed by atoms with van der Waals surface area (Å²) in [6.07, 6.45) is 2.89. The molecule has 2 aromatic rings. The topological polar surface area (TPSA) is 49.9 Å². The first kappa shape index (κ1) is 22.9. The minimum atomic E-state index is -3.48. The van der Waals surface area contributed by atoms with E-state index in [4.69, 9.17) is 4.18 Å². The van der Waals surface area contributed by atoms with Crippen molar-refractivity contribution in [2.75, 3.05) is 39.5 Å². The quantitative estimate of drug-likeness (QED) is 0.568. The minimum absolute atomic E-state index is 0.0930. The van der Waals surface area contributed by atoms with Crippen LogP contribution in [0.15, 0.2) is 54.6 Å². The van der Waals surface area contributed by atoms with Gasteiger partial charge in [-0.2, -0.15) is 8.42 Å². The molecule has 1 fully saturated rings. The minimum Gasteiger partial charge on any atom is -0.303 e. The molecule has 3 rings (SSSR count). The molecule has 1 heterocycles. The summed E-state index contributed by atoms with van der Waals surface area (Å²) in [5.74, 6) is -0.130. The molecule has 2 atom stereocenters. The molecule has 2 unspecified atom stereocenters. The molecule has 164 valence electrons. The van der Waals surface area contributed by atoms with Crippen LogP contribution in [0.25, 0.3) is 0 Å². The number of likely N-dealkylation sites (tertiary alicyclic amines) is 1. The van der Waals surface area contributed by atoms with Gasteiger partial charge in [-0.3, -0.25) is 9.08 Å². The second-order valence-electron chi connectivity index (χ2n) is 8.18. The average molecular weight is 435 g/mol. The zero-order chi connectivity index (χ0) is 21.6. The zero-order valence-corrected chi connectivity index (χ0v) is 18.5. The molecule has 0 aliphatic carbocycles. The molecule has 7 heteroatoms. The summed E-state index contributed by atoms with van der Waals surface area (Å²) in [7, 11) is -1.38. The molecular weight excluding hydrogens is 403 g/mol. The maximum Gasteiger partial charge on any atom is 0.264 e. The van der Waals surface area contributed by atoms with Gasteiger partial charge in [0.1, 0.15) is 5.82 Å². The maximum absolute atomic E-state index is 13.1. The molecule has 0 saturated carbocycles. The van der Waals surface area contributed by atoms with E-state index < -0.39 is 10.1 Å². The molecule has 1 aliphatic rings. The van der Waals surface area contributed by atoms with Gasteiger partial charge in [0, 0.05) is 31.6 Å². The molecule has 0 spiro atoms. The summed E-state index contributed by atoms with van der Waals surface area (Å²) in [6.45, 7) is 3.59.